The van der Waals surface area contributed by atoms with E-state index in [9.17, 15) is 5.26 Å². The number of pyridine rings is 2. The van der Waals surface area contributed by atoms with Crippen LogP contribution in [0.25, 0.3) is 11.3 Å². The molecule has 2 saturated heterocycles. The summed E-state index contributed by atoms with van der Waals surface area (Å²) in [6.07, 6.45) is 4.01. The number of anilines is 2. The Labute approximate surface area is 159 Å². The summed E-state index contributed by atoms with van der Waals surface area (Å²) >= 11 is 0. The summed E-state index contributed by atoms with van der Waals surface area (Å²) in [7, 11) is 0. The van der Waals surface area contributed by atoms with E-state index in [-0.39, 0.29) is 0 Å². The average molecular weight is 363 g/mol. The summed E-state index contributed by atoms with van der Waals surface area (Å²) in [6.45, 7) is 5.76. The normalized spacial score (nSPS) is 18.1. The third-order valence-corrected chi connectivity index (χ3v) is 5.13. The molecule has 0 bridgehead atoms. The third kappa shape index (κ3) is 4.35. The molecule has 0 spiro atoms. The molecule has 0 atom stereocenters. The molecule has 7 nitrogen and oxygen atoms in total. The molecule has 7 heteroatoms. The van der Waals surface area contributed by atoms with Crippen LogP contribution < -0.4 is 20.9 Å². The maximum atomic E-state index is 9.46. The van der Waals surface area contributed by atoms with Crippen molar-refractivity contribution in [3.8, 4) is 17.3 Å². The molecule has 2 fully saturated rings. The highest BCUT2D eigenvalue weighted by molar-refractivity contribution is 5.67. The van der Waals surface area contributed by atoms with Gasteiger partial charge < -0.3 is 20.9 Å². The molecule has 0 aromatic carbocycles. The van der Waals surface area contributed by atoms with Crippen LogP contribution in [0.5, 0.6) is 0 Å². The van der Waals surface area contributed by atoms with Crippen LogP contribution in [0, 0.1) is 11.3 Å². The number of piperazine rings is 1. The van der Waals surface area contributed by atoms with Gasteiger partial charge >= 0.3 is 0 Å². The molecule has 0 amide bonds. The second-order valence-corrected chi connectivity index (χ2v) is 7.05. The van der Waals surface area contributed by atoms with Gasteiger partial charge in [-0.05, 0) is 50.2 Å². The van der Waals surface area contributed by atoms with Crippen LogP contribution >= 0.6 is 0 Å². The fraction of sp³-hybridized carbons (Fsp3) is 0.450. The van der Waals surface area contributed by atoms with Gasteiger partial charge in [0.25, 0.3) is 0 Å². The van der Waals surface area contributed by atoms with Crippen LogP contribution in [-0.2, 0) is 0 Å². The predicted molar refractivity (Wildman–Crippen MR) is 107 cm³/mol. The van der Waals surface area contributed by atoms with E-state index in [0.29, 0.717) is 11.6 Å². The molecule has 2 aromatic rings. The summed E-state index contributed by atoms with van der Waals surface area (Å²) in [5.74, 6) is 1.74. The number of hydrogen-bond acceptors (Lipinski definition) is 7. The van der Waals surface area contributed by atoms with Gasteiger partial charge in [-0.2, -0.15) is 5.26 Å². The molecule has 140 valence electrons. The number of rotatable bonds is 4. The topological polar surface area (TPSA) is 88.9 Å². The van der Waals surface area contributed by atoms with Crippen molar-refractivity contribution in [3.63, 3.8) is 0 Å². The summed E-state index contributed by atoms with van der Waals surface area (Å²) in [5, 5.41) is 19.7. The van der Waals surface area contributed by atoms with E-state index in [2.05, 4.69) is 31.9 Å². The molecule has 2 aromatic heterocycles. The van der Waals surface area contributed by atoms with Gasteiger partial charge in [-0.15, -0.1) is 0 Å². The SMILES string of the molecule is N#Cc1cc(-c2ccnc(NC3CCNCC3)c2)nc(N2CCNCC2)c1. The van der Waals surface area contributed by atoms with Crippen LogP contribution in [0.1, 0.15) is 18.4 Å². The van der Waals surface area contributed by atoms with Gasteiger partial charge in [-0.1, -0.05) is 0 Å². The van der Waals surface area contributed by atoms with Crippen LogP contribution in [0.2, 0.25) is 0 Å². The van der Waals surface area contributed by atoms with Gasteiger partial charge in [-0.3, -0.25) is 0 Å². The molecule has 27 heavy (non-hydrogen) atoms. The minimum absolute atomic E-state index is 0.448. The number of aromatic nitrogens is 2. The average Bonchev–Trinajstić information content (AvgIpc) is 2.75. The summed E-state index contributed by atoms with van der Waals surface area (Å²) in [6, 6.07) is 10.5. The molecular formula is C20H25N7. The number of piperidine rings is 1. The molecule has 0 radical (unpaired) electrons. The van der Waals surface area contributed by atoms with Gasteiger partial charge in [0, 0.05) is 44.0 Å². The van der Waals surface area contributed by atoms with Crippen molar-refractivity contribution in [2.24, 2.45) is 0 Å². The molecule has 3 N–H and O–H groups in total. The number of nitriles is 1. The Bertz CT molecular complexity index is 817. The Hall–Kier alpha value is -2.69. The van der Waals surface area contributed by atoms with E-state index >= 15 is 0 Å². The molecule has 0 aliphatic carbocycles. The third-order valence-electron chi connectivity index (χ3n) is 5.13. The van der Waals surface area contributed by atoms with E-state index < -0.39 is 0 Å². The molecular weight excluding hydrogens is 338 g/mol. The highest BCUT2D eigenvalue weighted by Crippen LogP contribution is 2.25. The minimum atomic E-state index is 0.448. The second kappa shape index (κ2) is 8.33. The summed E-state index contributed by atoms with van der Waals surface area (Å²) < 4.78 is 0. The lowest BCUT2D eigenvalue weighted by Crippen LogP contribution is -2.43. The van der Waals surface area contributed by atoms with Crippen molar-refractivity contribution in [2.75, 3.05) is 49.5 Å². The molecule has 0 saturated carbocycles. The van der Waals surface area contributed by atoms with Gasteiger partial charge in [0.2, 0.25) is 0 Å². The lowest BCUT2D eigenvalue weighted by atomic mass is 10.1. The van der Waals surface area contributed by atoms with E-state index in [1.807, 2.05) is 30.5 Å². The molecule has 0 unspecified atom stereocenters. The van der Waals surface area contributed by atoms with Gasteiger partial charge in [0.05, 0.1) is 17.3 Å². The zero-order chi connectivity index (χ0) is 18.5. The first-order valence-corrected chi connectivity index (χ1v) is 9.63. The van der Waals surface area contributed by atoms with E-state index in [0.717, 1.165) is 75.0 Å². The van der Waals surface area contributed by atoms with Crippen LogP contribution in [0.3, 0.4) is 0 Å². The van der Waals surface area contributed by atoms with Crippen molar-refractivity contribution in [2.45, 2.75) is 18.9 Å². The fourth-order valence-electron chi connectivity index (χ4n) is 3.63. The Balaban J connectivity index is 1.60. The summed E-state index contributed by atoms with van der Waals surface area (Å²) in [4.78, 5) is 11.5. The lowest BCUT2D eigenvalue weighted by molar-refractivity contribution is 0.478. The minimum Gasteiger partial charge on any atom is -0.367 e. The van der Waals surface area contributed by atoms with Crippen molar-refractivity contribution in [3.05, 3.63) is 36.0 Å². The molecule has 4 heterocycles. The predicted octanol–water partition coefficient (Wildman–Crippen LogP) is 1.59. The van der Waals surface area contributed by atoms with E-state index in [1.54, 1.807) is 0 Å². The number of hydrogen-bond donors (Lipinski definition) is 3. The van der Waals surface area contributed by atoms with Gasteiger partial charge in [-0.25, -0.2) is 9.97 Å². The zero-order valence-electron chi connectivity index (χ0n) is 15.4. The second-order valence-electron chi connectivity index (χ2n) is 7.05. The Morgan fingerprint density at radius 3 is 2.63 bits per heavy atom. The molecule has 4 rings (SSSR count). The van der Waals surface area contributed by atoms with Crippen molar-refractivity contribution >= 4 is 11.6 Å². The van der Waals surface area contributed by atoms with E-state index in [1.165, 1.54) is 0 Å². The first-order valence-electron chi connectivity index (χ1n) is 9.63. The quantitative estimate of drug-likeness (QED) is 0.760. The van der Waals surface area contributed by atoms with Crippen LogP contribution in [0.4, 0.5) is 11.6 Å². The first kappa shape index (κ1) is 17.7. The molecule has 2 aliphatic heterocycles. The highest BCUT2D eigenvalue weighted by Gasteiger charge is 2.16. The number of nitrogens with zero attached hydrogens (tertiary/aromatic N) is 4. The monoisotopic (exact) mass is 363 g/mol. The fourth-order valence-corrected chi connectivity index (χ4v) is 3.63. The van der Waals surface area contributed by atoms with Crippen molar-refractivity contribution in [1.29, 1.82) is 5.26 Å². The Kier molecular flexibility index (Phi) is 5.47. The van der Waals surface area contributed by atoms with Gasteiger partial charge in [0.15, 0.2) is 0 Å². The van der Waals surface area contributed by atoms with Crippen LogP contribution in [0.15, 0.2) is 30.5 Å². The molecule has 2 aliphatic rings. The maximum Gasteiger partial charge on any atom is 0.130 e. The standard InChI is InChI=1S/C20H25N7/c21-14-15-11-18(26-20(12-15)27-9-7-23-8-10-27)16-1-6-24-19(13-16)25-17-2-4-22-5-3-17/h1,6,11-13,17,22-23H,2-5,7-10H2,(H,24,25). The van der Waals surface area contributed by atoms with Crippen molar-refractivity contribution in [1.82, 2.24) is 20.6 Å². The Morgan fingerprint density at radius 2 is 1.85 bits per heavy atom. The highest BCUT2D eigenvalue weighted by atomic mass is 15.2. The first-order chi connectivity index (χ1) is 13.3. The number of nitrogens with one attached hydrogen (secondary N) is 3. The zero-order valence-corrected chi connectivity index (χ0v) is 15.4. The lowest BCUT2D eigenvalue weighted by Gasteiger charge is -2.28. The van der Waals surface area contributed by atoms with Crippen molar-refractivity contribution < 1.29 is 0 Å². The van der Waals surface area contributed by atoms with Gasteiger partial charge in [0.1, 0.15) is 11.6 Å². The largest absolute Gasteiger partial charge is 0.367 e. The summed E-state index contributed by atoms with van der Waals surface area (Å²) in [5.41, 5.74) is 2.44. The van der Waals surface area contributed by atoms with E-state index in [4.69, 9.17) is 4.98 Å². The van der Waals surface area contributed by atoms with Crippen LogP contribution in [-0.4, -0.2) is 55.3 Å². The smallest absolute Gasteiger partial charge is 0.130 e. The Morgan fingerprint density at radius 1 is 1.07 bits per heavy atom. The maximum absolute atomic E-state index is 9.46.